The number of carbonyl (C=O) groups excluding carboxylic acids is 1. The first-order valence-electron chi connectivity index (χ1n) is 11.1. The highest BCUT2D eigenvalue weighted by molar-refractivity contribution is 5.73. The first kappa shape index (κ1) is 20.1. The minimum atomic E-state index is -0.0959. The van der Waals surface area contributed by atoms with Crippen LogP contribution in [-0.4, -0.2) is 31.6 Å². The van der Waals surface area contributed by atoms with Gasteiger partial charge >= 0.3 is 5.97 Å². The number of hydrogen-bond donors (Lipinski definition) is 0. The van der Waals surface area contributed by atoms with Crippen molar-refractivity contribution in [1.82, 2.24) is 0 Å². The van der Waals surface area contributed by atoms with Crippen LogP contribution in [0.3, 0.4) is 0 Å². The summed E-state index contributed by atoms with van der Waals surface area (Å²) >= 11 is 0. The van der Waals surface area contributed by atoms with Crippen molar-refractivity contribution in [3.05, 3.63) is 0 Å². The molecule has 0 amide bonds. The van der Waals surface area contributed by atoms with Gasteiger partial charge in [-0.3, -0.25) is 4.79 Å². The Morgan fingerprint density at radius 3 is 2.27 bits per heavy atom. The smallest absolute Gasteiger partial charge is 0.309 e. The van der Waals surface area contributed by atoms with Crippen molar-refractivity contribution >= 4 is 5.97 Å². The van der Waals surface area contributed by atoms with E-state index in [0.717, 1.165) is 31.1 Å². The van der Waals surface area contributed by atoms with Gasteiger partial charge in [-0.2, -0.15) is 0 Å². The lowest BCUT2D eigenvalue weighted by atomic mass is 9.72. The standard InChI is InChI=1S/C22H38O4/c1-4-6-16-7-9-17(10-8-16)15(3)20-12-11-19(22(23)26-20)18-13-24-21(5-2)25-14-18/h15-21H,4-14H2,1-3H3. The van der Waals surface area contributed by atoms with Crippen LogP contribution in [0.4, 0.5) is 0 Å². The van der Waals surface area contributed by atoms with Crippen LogP contribution >= 0.6 is 0 Å². The van der Waals surface area contributed by atoms with Crippen LogP contribution in [0, 0.1) is 29.6 Å². The second-order valence-corrected chi connectivity index (χ2v) is 8.85. The van der Waals surface area contributed by atoms with Gasteiger partial charge in [-0.25, -0.2) is 0 Å². The van der Waals surface area contributed by atoms with Crippen LogP contribution in [0.15, 0.2) is 0 Å². The Labute approximate surface area is 159 Å². The molecule has 3 atom stereocenters. The first-order valence-corrected chi connectivity index (χ1v) is 11.1. The summed E-state index contributed by atoms with van der Waals surface area (Å²) < 4.78 is 17.4. The van der Waals surface area contributed by atoms with Crippen LogP contribution in [0.25, 0.3) is 0 Å². The van der Waals surface area contributed by atoms with E-state index in [9.17, 15) is 4.79 Å². The molecule has 3 rings (SSSR count). The molecule has 0 radical (unpaired) electrons. The Hall–Kier alpha value is -0.610. The molecule has 0 bridgehead atoms. The summed E-state index contributed by atoms with van der Waals surface area (Å²) in [6.45, 7) is 7.90. The maximum absolute atomic E-state index is 12.6. The molecule has 2 saturated heterocycles. The van der Waals surface area contributed by atoms with Crippen molar-refractivity contribution in [2.45, 2.75) is 91.0 Å². The van der Waals surface area contributed by atoms with Gasteiger partial charge in [-0.1, -0.05) is 46.5 Å². The lowest BCUT2D eigenvalue weighted by Gasteiger charge is -2.40. The van der Waals surface area contributed by atoms with E-state index in [-0.39, 0.29) is 30.2 Å². The minimum Gasteiger partial charge on any atom is -0.462 e. The van der Waals surface area contributed by atoms with Crippen molar-refractivity contribution in [3.8, 4) is 0 Å². The van der Waals surface area contributed by atoms with Crippen LogP contribution in [0.5, 0.6) is 0 Å². The summed E-state index contributed by atoms with van der Waals surface area (Å²) in [4.78, 5) is 12.6. The molecule has 3 fully saturated rings. The quantitative estimate of drug-likeness (QED) is 0.624. The molecular weight excluding hydrogens is 328 g/mol. The molecule has 1 saturated carbocycles. The van der Waals surface area contributed by atoms with Crippen molar-refractivity contribution in [1.29, 1.82) is 0 Å². The van der Waals surface area contributed by atoms with Crippen LogP contribution in [0.2, 0.25) is 0 Å². The summed E-state index contributed by atoms with van der Waals surface area (Å²) in [6, 6.07) is 0. The number of hydrogen-bond acceptors (Lipinski definition) is 4. The molecule has 3 unspecified atom stereocenters. The van der Waals surface area contributed by atoms with Gasteiger partial charge in [0.25, 0.3) is 0 Å². The highest BCUT2D eigenvalue weighted by atomic mass is 16.7. The summed E-state index contributed by atoms with van der Waals surface area (Å²) in [6.07, 6.45) is 10.8. The Morgan fingerprint density at radius 1 is 1.00 bits per heavy atom. The second kappa shape index (κ2) is 9.54. The molecular formula is C22H38O4. The zero-order valence-corrected chi connectivity index (χ0v) is 17.0. The van der Waals surface area contributed by atoms with E-state index in [1.807, 2.05) is 0 Å². The molecule has 3 aliphatic rings. The summed E-state index contributed by atoms with van der Waals surface area (Å²) in [7, 11) is 0. The van der Waals surface area contributed by atoms with Gasteiger partial charge in [0.1, 0.15) is 6.10 Å². The molecule has 0 aromatic heterocycles. The Bertz CT molecular complexity index is 435. The average molecular weight is 367 g/mol. The zero-order chi connectivity index (χ0) is 18.5. The van der Waals surface area contributed by atoms with Crippen molar-refractivity contribution in [3.63, 3.8) is 0 Å². The highest BCUT2D eigenvalue weighted by Crippen LogP contribution is 2.40. The third-order valence-electron chi connectivity index (χ3n) is 7.15. The summed E-state index contributed by atoms with van der Waals surface area (Å²) in [5.74, 6) is 2.25. The molecule has 2 aliphatic heterocycles. The Balaban J connectivity index is 1.45. The molecule has 26 heavy (non-hydrogen) atoms. The van der Waals surface area contributed by atoms with Gasteiger partial charge in [-0.15, -0.1) is 0 Å². The number of cyclic esters (lactones) is 1. The monoisotopic (exact) mass is 366 g/mol. The predicted molar refractivity (Wildman–Crippen MR) is 102 cm³/mol. The Morgan fingerprint density at radius 2 is 1.69 bits per heavy atom. The van der Waals surface area contributed by atoms with Crippen LogP contribution < -0.4 is 0 Å². The molecule has 4 nitrogen and oxygen atoms in total. The average Bonchev–Trinajstić information content (AvgIpc) is 2.68. The van der Waals surface area contributed by atoms with Gasteiger partial charge < -0.3 is 14.2 Å². The largest absolute Gasteiger partial charge is 0.462 e. The lowest BCUT2D eigenvalue weighted by molar-refractivity contribution is -0.217. The van der Waals surface area contributed by atoms with E-state index in [1.54, 1.807) is 0 Å². The fraction of sp³-hybridized carbons (Fsp3) is 0.955. The van der Waals surface area contributed by atoms with Gasteiger partial charge in [0, 0.05) is 5.92 Å². The van der Waals surface area contributed by atoms with Gasteiger partial charge in [0.2, 0.25) is 0 Å². The van der Waals surface area contributed by atoms with E-state index in [4.69, 9.17) is 14.2 Å². The fourth-order valence-corrected chi connectivity index (χ4v) is 5.30. The van der Waals surface area contributed by atoms with E-state index in [1.165, 1.54) is 38.5 Å². The van der Waals surface area contributed by atoms with Crippen molar-refractivity contribution < 1.29 is 19.0 Å². The summed E-state index contributed by atoms with van der Waals surface area (Å²) in [5, 5.41) is 0. The lowest BCUT2D eigenvalue weighted by Crippen LogP contribution is -2.44. The maximum atomic E-state index is 12.6. The van der Waals surface area contributed by atoms with Crippen molar-refractivity contribution in [2.75, 3.05) is 13.2 Å². The SMILES string of the molecule is CCCC1CCC(C(C)C2CCC(C3COC(CC)OC3)C(=O)O2)CC1. The topological polar surface area (TPSA) is 44.8 Å². The van der Waals surface area contributed by atoms with E-state index >= 15 is 0 Å². The summed E-state index contributed by atoms with van der Waals surface area (Å²) in [5.41, 5.74) is 0. The van der Waals surface area contributed by atoms with E-state index in [0.29, 0.717) is 19.1 Å². The molecule has 150 valence electrons. The first-order chi connectivity index (χ1) is 12.6. The van der Waals surface area contributed by atoms with Gasteiger partial charge in [0.05, 0.1) is 19.1 Å². The molecule has 0 aromatic carbocycles. The molecule has 0 aromatic rings. The number of esters is 1. The normalized spacial score (nSPS) is 40.0. The third-order valence-corrected chi connectivity index (χ3v) is 7.15. The van der Waals surface area contributed by atoms with Crippen molar-refractivity contribution in [2.24, 2.45) is 29.6 Å². The zero-order valence-electron chi connectivity index (χ0n) is 17.0. The van der Waals surface area contributed by atoms with E-state index < -0.39 is 0 Å². The molecule has 1 aliphatic carbocycles. The van der Waals surface area contributed by atoms with Crippen LogP contribution in [0.1, 0.15) is 78.6 Å². The Kier molecular flexibility index (Phi) is 7.39. The number of ether oxygens (including phenoxy) is 3. The van der Waals surface area contributed by atoms with Gasteiger partial charge in [0.15, 0.2) is 6.29 Å². The number of rotatable bonds is 6. The predicted octanol–water partition coefficient (Wildman–Crippen LogP) is 4.95. The van der Waals surface area contributed by atoms with Gasteiger partial charge in [-0.05, 0) is 49.9 Å². The third kappa shape index (κ3) is 4.81. The number of carbonyl (C=O) groups is 1. The second-order valence-electron chi connectivity index (χ2n) is 8.85. The fourth-order valence-electron chi connectivity index (χ4n) is 5.30. The minimum absolute atomic E-state index is 0.0140. The van der Waals surface area contributed by atoms with Crippen LogP contribution in [-0.2, 0) is 19.0 Å². The maximum Gasteiger partial charge on any atom is 0.309 e. The highest BCUT2D eigenvalue weighted by Gasteiger charge is 2.41. The molecule has 4 heteroatoms. The molecule has 0 spiro atoms. The molecule has 2 heterocycles. The molecule has 0 N–H and O–H groups in total. The van der Waals surface area contributed by atoms with E-state index in [2.05, 4.69) is 20.8 Å².